The van der Waals surface area contributed by atoms with Gasteiger partial charge in [-0.1, -0.05) is 53.0 Å². The smallest absolute Gasteiger partial charge is 0.359 e. The number of aromatic nitrogens is 2. The highest BCUT2D eigenvalue weighted by molar-refractivity contribution is 6.46. The first-order chi connectivity index (χ1) is 15.2. The summed E-state index contributed by atoms with van der Waals surface area (Å²) in [6.45, 7) is 2.95. The van der Waals surface area contributed by atoms with E-state index in [1.54, 1.807) is 11.5 Å². The van der Waals surface area contributed by atoms with Gasteiger partial charge in [0.05, 0.1) is 16.3 Å². The second-order valence-electron chi connectivity index (χ2n) is 6.63. The number of rotatable bonds is 5. The molecular formula is C21H16Cl3N5O3. The summed E-state index contributed by atoms with van der Waals surface area (Å²) in [5.74, 6) is -1.42. The SMILES string of the molecule is Cc1c(C#N)c(NC(=O)COC(=O)c2nc(Cl)c(Cl)c(N)c2Cl)n(-c2ccccc2)c1C. The first kappa shape index (κ1) is 23.4. The molecule has 0 atom stereocenters. The Morgan fingerprint density at radius 1 is 1.19 bits per heavy atom. The summed E-state index contributed by atoms with van der Waals surface area (Å²) in [6, 6.07) is 11.3. The fraction of sp³-hybridized carbons (Fsp3) is 0.143. The summed E-state index contributed by atoms with van der Waals surface area (Å²) in [4.78, 5) is 28.7. The van der Waals surface area contributed by atoms with Crippen LogP contribution in [0.2, 0.25) is 15.2 Å². The van der Waals surface area contributed by atoms with Crippen molar-refractivity contribution in [3.63, 3.8) is 0 Å². The summed E-state index contributed by atoms with van der Waals surface area (Å²) < 4.78 is 6.74. The van der Waals surface area contributed by atoms with Crippen LogP contribution < -0.4 is 11.1 Å². The van der Waals surface area contributed by atoms with Gasteiger partial charge in [0.1, 0.15) is 16.9 Å². The van der Waals surface area contributed by atoms with E-state index in [-0.39, 0.29) is 32.4 Å². The van der Waals surface area contributed by atoms with Crippen LogP contribution in [0.5, 0.6) is 0 Å². The predicted octanol–water partition coefficient (Wildman–Crippen LogP) is 4.70. The number of ether oxygens (including phenoxy) is 1. The van der Waals surface area contributed by atoms with E-state index < -0.39 is 18.5 Å². The van der Waals surface area contributed by atoms with Crippen molar-refractivity contribution in [1.29, 1.82) is 5.26 Å². The molecule has 8 nitrogen and oxygen atoms in total. The molecule has 3 aromatic rings. The monoisotopic (exact) mass is 491 g/mol. The van der Waals surface area contributed by atoms with Crippen molar-refractivity contribution in [2.45, 2.75) is 13.8 Å². The van der Waals surface area contributed by atoms with Crippen LogP contribution in [0.15, 0.2) is 30.3 Å². The molecule has 0 aliphatic rings. The molecular weight excluding hydrogens is 477 g/mol. The maximum atomic E-state index is 12.6. The number of nitrogen functional groups attached to an aromatic ring is 1. The van der Waals surface area contributed by atoms with E-state index in [0.29, 0.717) is 11.1 Å². The Morgan fingerprint density at radius 3 is 2.47 bits per heavy atom. The largest absolute Gasteiger partial charge is 0.451 e. The van der Waals surface area contributed by atoms with Gasteiger partial charge in [-0.15, -0.1) is 0 Å². The number of halogens is 3. The third-order valence-corrected chi connectivity index (χ3v) is 5.83. The minimum atomic E-state index is -1.01. The molecule has 32 heavy (non-hydrogen) atoms. The highest BCUT2D eigenvalue weighted by Crippen LogP contribution is 2.34. The van der Waals surface area contributed by atoms with Gasteiger partial charge >= 0.3 is 5.97 Å². The fourth-order valence-electron chi connectivity index (χ4n) is 2.99. The number of pyridine rings is 1. The molecule has 164 valence electrons. The molecule has 0 bridgehead atoms. The van der Waals surface area contributed by atoms with Gasteiger partial charge in [-0.05, 0) is 31.5 Å². The van der Waals surface area contributed by atoms with Crippen LogP contribution in [0.4, 0.5) is 11.5 Å². The van der Waals surface area contributed by atoms with Crippen molar-refractivity contribution in [2.75, 3.05) is 17.7 Å². The van der Waals surface area contributed by atoms with Crippen molar-refractivity contribution in [1.82, 2.24) is 9.55 Å². The molecule has 2 heterocycles. The molecule has 0 aliphatic carbocycles. The Balaban J connectivity index is 1.83. The van der Waals surface area contributed by atoms with E-state index >= 15 is 0 Å². The number of nitrogens with zero attached hydrogens (tertiary/aromatic N) is 3. The molecule has 0 aliphatic heterocycles. The highest BCUT2D eigenvalue weighted by atomic mass is 35.5. The van der Waals surface area contributed by atoms with E-state index in [9.17, 15) is 14.9 Å². The van der Waals surface area contributed by atoms with Crippen LogP contribution in [0.3, 0.4) is 0 Å². The van der Waals surface area contributed by atoms with Gasteiger partial charge in [0.25, 0.3) is 5.91 Å². The standard InChI is InChI=1S/C21H16Cl3N5O3/c1-10-11(2)29(12-6-4-3-5-7-12)20(13(10)8-25)27-14(30)9-32-21(31)18-15(22)17(26)16(23)19(24)28-18/h3-7H,9H2,1-2H3,(H2,26,28)(H,27,30). The van der Waals surface area contributed by atoms with Gasteiger partial charge in [0.2, 0.25) is 0 Å². The summed E-state index contributed by atoms with van der Waals surface area (Å²) in [5, 5.41) is 11.7. The summed E-state index contributed by atoms with van der Waals surface area (Å²) in [5.41, 5.74) is 7.74. The van der Waals surface area contributed by atoms with E-state index in [0.717, 1.165) is 11.4 Å². The summed E-state index contributed by atoms with van der Waals surface area (Å²) in [6.07, 6.45) is 0. The maximum Gasteiger partial charge on any atom is 0.359 e. The van der Waals surface area contributed by atoms with E-state index in [4.69, 9.17) is 45.3 Å². The molecule has 0 saturated carbocycles. The Bertz CT molecular complexity index is 1270. The lowest BCUT2D eigenvalue weighted by molar-refractivity contribution is -0.119. The molecule has 11 heteroatoms. The molecule has 1 amide bonds. The number of amides is 1. The normalized spacial score (nSPS) is 10.5. The third kappa shape index (κ3) is 4.36. The van der Waals surface area contributed by atoms with Crippen molar-refractivity contribution in [3.8, 4) is 11.8 Å². The van der Waals surface area contributed by atoms with Crippen molar-refractivity contribution >= 4 is 58.2 Å². The number of carbonyl (C=O) groups excluding carboxylic acids is 2. The Morgan fingerprint density at radius 2 is 1.84 bits per heavy atom. The van der Waals surface area contributed by atoms with Gasteiger partial charge in [0, 0.05) is 11.4 Å². The zero-order valence-electron chi connectivity index (χ0n) is 16.9. The lowest BCUT2D eigenvalue weighted by atomic mass is 10.2. The molecule has 3 rings (SSSR count). The van der Waals surface area contributed by atoms with Gasteiger partial charge in [-0.2, -0.15) is 5.26 Å². The number of nitriles is 1. The summed E-state index contributed by atoms with van der Waals surface area (Å²) in [7, 11) is 0. The number of benzene rings is 1. The van der Waals surface area contributed by atoms with E-state index in [1.165, 1.54) is 0 Å². The number of esters is 1. The van der Waals surface area contributed by atoms with Crippen molar-refractivity contribution in [2.24, 2.45) is 0 Å². The van der Waals surface area contributed by atoms with Crippen LogP contribution in [-0.4, -0.2) is 28.0 Å². The topological polar surface area (TPSA) is 123 Å². The third-order valence-electron chi connectivity index (χ3n) is 4.70. The lowest BCUT2D eigenvalue weighted by Gasteiger charge is -2.13. The van der Waals surface area contributed by atoms with Crippen LogP contribution in [-0.2, 0) is 9.53 Å². The Kier molecular flexibility index (Phi) is 6.94. The number of anilines is 2. The van der Waals surface area contributed by atoms with Gasteiger partial charge in [0.15, 0.2) is 17.5 Å². The zero-order valence-corrected chi connectivity index (χ0v) is 19.1. The predicted molar refractivity (Wildman–Crippen MR) is 123 cm³/mol. The fourth-order valence-corrected chi connectivity index (χ4v) is 3.58. The molecule has 2 aromatic heterocycles. The quantitative estimate of drug-likeness (QED) is 0.393. The Hall–Kier alpha value is -3.25. The number of nitrogens with two attached hydrogens (primary N) is 1. The Labute approximate surface area is 198 Å². The molecule has 0 saturated heterocycles. The average molecular weight is 493 g/mol. The zero-order chi connectivity index (χ0) is 23.6. The molecule has 3 N–H and O–H groups in total. The average Bonchev–Trinajstić information content (AvgIpc) is 3.02. The van der Waals surface area contributed by atoms with Gasteiger partial charge in [-0.3, -0.25) is 9.36 Å². The van der Waals surface area contributed by atoms with Crippen LogP contribution in [0.25, 0.3) is 5.69 Å². The van der Waals surface area contributed by atoms with Gasteiger partial charge in [-0.25, -0.2) is 9.78 Å². The second-order valence-corrected chi connectivity index (χ2v) is 7.75. The molecule has 0 radical (unpaired) electrons. The van der Waals surface area contributed by atoms with E-state index in [1.807, 2.05) is 37.3 Å². The maximum absolute atomic E-state index is 12.6. The highest BCUT2D eigenvalue weighted by Gasteiger charge is 2.24. The van der Waals surface area contributed by atoms with Crippen LogP contribution in [0.1, 0.15) is 27.3 Å². The second kappa shape index (κ2) is 9.49. The number of carbonyl (C=O) groups is 2. The molecule has 1 aromatic carbocycles. The van der Waals surface area contributed by atoms with Crippen LogP contribution >= 0.6 is 34.8 Å². The number of para-hydroxylation sites is 1. The number of hydrogen-bond acceptors (Lipinski definition) is 6. The molecule has 0 spiro atoms. The van der Waals surface area contributed by atoms with E-state index in [2.05, 4.69) is 16.4 Å². The molecule has 0 unspecified atom stereocenters. The van der Waals surface area contributed by atoms with Crippen LogP contribution in [0, 0.1) is 25.2 Å². The first-order valence-electron chi connectivity index (χ1n) is 9.11. The van der Waals surface area contributed by atoms with Crippen molar-refractivity contribution in [3.05, 3.63) is 68.0 Å². The minimum Gasteiger partial charge on any atom is -0.451 e. The number of nitrogens with one attached hydrogen (secondary N) is 1. The first-order valence-corrected chi connectivity index (χ1v) is 10.2. The summed E-state index contributed by atoms with van der Waals surface area (Å²) >= 11 is 17.7. The lowest BCUT2D eigenvalue weighted by Crippen LogP contribution is -2.23. The molecule has 0 fully saturated rings. The number of hydrogen-bond donors (Lipinski definition) is 2. The van der Waals surface area contributed by atoms with Crippen molar-refractivity contribution < 1.29 is 14.3 Å². The minimum absolute atomic E-state index is 0.0950. The van der Waals surface area contributed by atoms with Gasteiger partial charge < -0.3 is 15.8 Å².